The average Bonchev–Trinajstić information content (AvgIpc) is 2.96. The first-order valence-corrected chi connectivity index (χ1v) is 6.50. The van der Waals surface area contributed by atoms with Gasteiger partial charge in [0.2, 0.25) is 11.7 Å². The van der Waals surface area contributed by atoms with Crippen molar-refractivity contribution < 1.29 is 9.63 Å². The highest BCUT2D eigenvalue weighted by Crippen LogP contribution is 2.16. The molecule has 106 valence electrons. The highest BCUT2D eigenvalue weighted by Gasteiger charge is 2.09. The number of phenolic OH excluding ortho intramolecular Hbond substituents is 1. The molecule has 0 amide bonds. The molecule has 0 saturated carbocycles. The summed E-state index contributed by atoms with van der Waals surface area (Å²) in [6.07, 6.45) is 0. The van der Waals surface area contributed by atoms with E-state index in [0.29, 0.717) is 24.0 Å². The molecule has 2 heterocycles. The average molecular weight is 282 g/mol. The van der Waals surface area contributed by atoms with E-state index in [0.717, 1.165) is 11.4 Å². The Morgan fingerprint density at radius 3 is 2.67 bits per heavy atom. The number of anilines is 1. The van der Waals surface area contributed by atoms with E-state index >= 15 is 0 Å². The highest BCUT2D eigenvalue weighted by molar-refractivity contribution is 5.48. The van der Waals surface area contributed by atoms with Crippen molar-refractivity contribution in [3.63, 3.8) is 0 Å². The van der Waals surface area contributed by atoms with Crippen LogP contribution in [0.4, 0.5) is 5.69 Å². The normalized spacial score (nSPS) is 10.5. The van der Waals surface area contributed by atoms with Crippen molar-refractivity contribution in [2.75, 3.05) is 5.32 Å². The summed E-state index contributed by atoms with van der Waals surface area (Å²) in [6.45, 7) is 2.32. The van der Waals surface area contributed by atoms with Gasteiger partial charge in [-0.15, -0.1) is 0 Å². The van der Waals surface area contributed by atoms with Gasteiger partial charge in [-0.2, -0.15) is 4.98 Å². The molecule has 0 saturated heterocycles. The quantitative estimate of drug-likeness (QED) is 0.716. The smallest absolute Gasteiger partial charge is 0.246 e. The molecule has 1 aromatic carbocycles. The maximum Gasteiger partial charge on any atom is 0.246 e. The topological polar surface area (TPSA) is 84.1 Å². The summed E-state index contributed by atoms with van der Waals surface area (Å²) in [5.41, 5.74) is 2.46. The standard InChI is InChI=1S/C15H14N4O2/c1-10-3-2-4-13(17-10)15-18-14(21-19-15)9-16-11-5-7-12(20)8-6-11/h2-8,16,20H,9H2,1H3. The first-order valence-electron chi connectivity index (χ1n) is 6.50. The predicted molar refractivity (Wildman–Crippen MR) is 77.7 cm³/mol. The van der Waals surface area contributed by atoms with Crippen molar-refractivity contribution in [2.24, 2.45) is 0 Å². The zero-order valence-corrected chi connectivity index (χ0v) is 11.4. The number of hydrogen-bond acceptors (Lipinski definition) is 6. The van der Waals surface area contributed by atoms with Gasteiger partial charge >= 0.3 is 0 Å². The van der Waals surface area contributed by atoms with Crippen molar-refractivity contribution in [1.82, 2.24) is 15.1 Å². The SMILES string of the molecule is Cc1cccc(-c2noc(CNc3ccc(O)cc3)n2)n1. The number of rotatable bonds is 4. The zero-order valence-electron chi connectivity index (χ0n) is 11.4. The van der Waals surface area contributed by atoms with E-state index in [4.69, 9.17) is 4.52 Å². The number of pyridine rings is 1. The third-order valence-electron chi connectivity index (χ3n) is 2.90. The van der Waals surface area contributed by atoms with Crippen LogP contribution in [0.15, 0.2) is 47.0 Å². The Hall–Kier alpha value is -2.89. The summed E-state index contributed by atoms with van der Waals surface area (Å²) in [6, 6.07) is 12.4. The van der Waals surface area contributed by atoms with Crippen LogP contribution in [0.25, 0.3) is 11.5 Å². The Morgan fingerprint density at radius 2 is 1.90 bits per heavy atom. The van der Waals surface area contributed by atoms with Gasteiger partial charge in [-0.25, -0.2) is 4.98 Å². The van der Waals surface area contributed by atoms with E-state index < -0.39 is 0 Å². The van der Waals surface area contributed by atoms with E-state index in [1.807, 2.05) is 25.1 Å². The van der Waals surface area contributed by atoms with E-state index in [1.54, 1.807) is 24.3 Å². The Bertz CT molecular complexity index is 737. The van der Waals surface area contributed by atoms with Crippen LogP contribution in [0.3, 0.4) is 0 Å². The second kappa shape index (κ2) is 5.62. The molecular formula is C15H14N4O2. The van der Waals surface area contributed by atoms with Crippen LogP contribution in [0.2, 0.25) is 0 Å². The lowest BCUT2D eigenvalue weighted by molar-refractivity contribution is 0.384. The molecular weight excluding hydrogens is 268 g/mol. The minimum atomic E-state index is 0.228. The van der Waals surface area contributed by atoms with Crippen molar-refractivity contribution in [3.05, 3.63) is 54.0 Å². The molecule has 0 fully saturated rings. The minimum Gasteiger partial charge on any atom is -0.508 e. The molecule has 21 heavy (non-hydrogen) atoms. The largest absolute Gasteiger partial charge is 0.508 e. The number of hydrogen-bond donors (Lipinski definition) is 2. The van der Waals surface area contributed by atoms with Crippen LogP contribution in [0.1, 0.15) is 11.6 Å². The van der Waals surface area contributed by atoms with Crippen molar-refractivity contribution in [3.8, 4) is 17.3 Å². The lowest BCUT2D eigenvalue weighted by Gasteiger charge is -2.02. The van der Waals surface area contributed by atoms with Crippen LogP contribution in [-0.4, -0.2) is 20.2 Å². The predicted octanol–water partition coefficient (Wildman–Crippen LogP) is 2.76. The fourth-order valence-corrected chi connectivity index (χ4v) is 1.86. The first-order chi connectivity index (χ1) is 10.2. The maximum atomic E-state index is 9.22. The number of nitrogens with one attached hydrogen (secondary N) is 1. The molecule has 3 aromatic rings. The highest BCUT2D eigenvalue weighted by atomic mass is 16.5. The number of phenols is 1. The number of aryl methyl sites for hydroxylation is 1. The van der Waals surface area contributed by atoms with Crippen LogP contribution < -0.4 is 5.32 Å². The van der Waals surface area contributed by atoms with Gasteiger partial charge in [0.1, 0.15) is 11.4 Å². The summed E-state index contributed by atoms with van der Waals surface area (Å²) in [7, 11) is 0. The van der Waals surface area contributed by atoms with Gasteiger partial charge < -0.3 is 14.9 Å². The number of aromatic hydroxyl groups is 1. The summed E-state index contributed by atoms with van der Waals surface area (Å²) < 4.78 is 5.19. The van der Waals surface area contributed by atoms with E-state index in [2.05, 4.69) is 20.4 Å². The monoisotopic (exact) mass is 282 g/mol. The molecule has 0 bridgehead atoms. The van der Waals surface area contributed by atoms with Gasteiger partial charge in [0.15, 0.2) is 0 Å². The van der Waals surface area contributed by atoms with Gasteiger partial charge in [-0.1, -0.05) is 11.2 Å². The van der Waals surface area contributed by atoms with Gasteiger partial charge in [0.05, 0.1) is 6.54 Å². The Morgan fingerprint density at radius 1 is 1.10 bits per heavy atom. The third kappa shape index (κ3) is 3.17. The van der Waals surface area contributed by atoms with E-state index in [1.165, 1.54) is 0 Å². The molecule has 0 aliphatic carbocycles. The Labute approximate surface area is 121 Å². The molecule has 6 nitrogen and oxygen atoms in total. The van der Waals surface area contributed by atoms with E-state index in [9.17, 15) is 5.11 Å². The third-order valence-corrected chi connectivity index (χ3v) is 2.90. The van der Waals surface area contributed by atoms with Gasteiger partial charge in [-0.05, 0) is 43.3 Å². The van der Waals surface area contributed by atoms with Gasteiger partial charge in [0, 0.05) is 11.4 Å². The van der Waals surface area contributed by atoms with E-state index in [-0.39, 0.29) is 5.75 Å². The van der Waals surface area contributed by atoms with Crippen LogP contribution in [0.5, 0.6) is 5.75 Å². The molecule has 0 spiro atoms. The number of benzene rings is 1. The minimum absolute atomic E-state index is 0.228. The summed E-state index contributed by atoms with van der Waals surface area (Å²) >= 11 is 0. The van der Waals surface area contributed by atoms with Crippen LogP contribution >= 0.6 is 0 Å². The van der Waals surface area contributed by atoms with Crippen molar-refractivity contribution in [1.29, 1.82) is 0 Å². The molecule has 0 aliphatic rings. The second-order valence-corrected chi connectivity index (χ2v) is 4.58. The molecule has 0 atom stereocenters. The molecule has 2 N–H and O–H groups in total. The molecule has 0 aliphatic heterocycles. The summed E-state index contributed by atoms with van der Waals surface area (Å²) in [4.78, 5) is 8.65. The summed E-state index contributed by atoms with van der Waals surface area (Å²) in [5, 5.41) is 16.3. The fraction of sp³-hybridized carbons (Fsp3) is 0.133. The Balaban J connectivity index is 1.69. The van der Waals surface area contributed by atoms with Gasteiger partial charge in [-0.3, -0.25) is 0 Å². The van der Waals surface area contributed by atoms with Crippen LogP contribution in [-0.2, 0) is 6.54 Å². The molecule has 3 rings (SSSR count). The zero-order chi connectivity index (χ0) is 14.7. The maximum absolute atomic E-state index is 9.22. The lowest BCUT2D eigenvalue weighted by atomic mass is 10.3. The molecule has 2 aromatic heterocycles. The lowest BCUT2D eigenvalue weighted by Crippen LogP contribution is -1.99. The van der Waals surface area contributed by atoms with Gasteiger partial charge in [0.25, 0.3) is 0 Å². The molecule has 0 radical (unpaired) electrons. The van der Waals surface area contributed by atoms with Crippen LogP contribution in [0, 0.1) is 6.92 Å². The molecule has 0 unspecified atom stereocenters. The fourth-order valence-electron chi connectivity index (χ4n) is 1.86. The number of nitrogens with zero attached hydrogens (tertiary/aromatic N) is 3. The Kier molecular flexibility index (Phi) is 3.51. The second-order valence-electron chi connectivity index (χ2n) is 4.58. The molecule has 6 heteroatoms. The number of aromatic nitrogens is 3. The van der Waals surface area contributed by atoms with Crippen molar-refractivity contribution in [2.45, 2.75) is 13.5 Å². The summed E-state index contributed by atoms with van der Waals surface area (Å²) in [5.74, 6) is 1.17. The van der Waals surface area contributed by atoms with Crippen molar-refractivity contribution >= 4 is 5.69 Å². The first kappa shape index (κ1) is 13.1.